The van der Waals surface area contributed by atoms with Crippen LogP contribution in [0.2, 0.25) is 0 Å². The molecule has 0 fully saturated rings. The molecule has 0 saturated heterocycles. The Hall–Kier alpha value is -3.67. The average Bonchev–Trinajstić information content (AvgIpc) is 2.73. The maximum absolute atomic E-state index is 12.3. The van der Waals surface area contributed by atoms with Crippen LogP contribution in [0.25, 0.3) is 0 Å². The number of carbonyl (C=O) groups excluding carboxylic acids is 2. The van der Waals surface area contributed by atoms with Gasteiger partial charge in [-0.3, -0.25) is 4.79 Å². The second-order valence-corrected chi connectivity index (χ2v) is 6.49. The molecule has 6 nitrogen and oxygen atoms in total. The average molecular weight is 389 g/mol. The maximum atomic E-state index is 12.3. The van der Waals surface area contributed by atoms with Gasteiger partial charge in [0.15, 0.2) is 0 Å². The largest absolute Gasteiger partial charge is 0.462 e. The van der Waals surface area contributed by atoms with Gasteiger partial charge in [0.05, 0.1) is 29.7 Å². The predicted molar refractivity (Wildman–Crippen MR) is 112 cm³/mol. The highest BCUT2D eigenvalue weighted by Gasteiger charge is 2.12. The maximum Gasteiger partial charge on any atom is 0.340 e. The summed E-state index contributed by atoms with van der Waals surface area (Å²) in [4.78, 5) is 28.6. The second kappa shape index (κ2) is 9.50. The van der Waals surface area contributed by atoms with Crippen molar-refractivity contribution in [2.45, 2.75) is 20.4 Å². The smallest absolute Gasteiger partial charge is 0.340 e. The van der Waals surface area contributed by atoms with Crippen molar-refractivity contribution in [1.82, 2.24) is 10.3 Å². The quantitative estimate of drug-likeness (QED) is 0.591. The zero-order chi connectivity index (χ0) is 20.6. The summed E-state index contributed by atoms with van der Waals surface area (Å²) in [6.07, 6.45) is 1.56. The molecule has 0 unspecified atom stereocenters. The van der Waals surface area contributed by atoms with Gasteiger partial charge in [0.2, 0.25) is 0 Å². The molecule has 148 valence electrons. The van der Waals surface area contributed by atoms with Crippen molar-refractivity contribution in [1.29, 1.82) is 0 Å². The number of nitrogens with one attached hydrogen (secondary N) is 2. The lowest BCUT2D eigenvalue weighted by atomic mass is 10.1. The standard InChI is InChI=1S/C23H23N3O3/c1-3-29-23(28)19-9-4-5-10-20(19)26-18-11-12-21(24-15-18)22(27)25-14-17-8-6-7-16(2)13-17/h4-13,15,26H,3,14H2,1-2H3,(H,25,27). The highest BCUT2D eigenvalue weighted by molar-refractivity contribution is 5.96. The number of benzene rings is 2. The van der Waals surface area contributed by atoms with Crippen LogP contribution in [0.3, 0.4) is 0 Å². The van der Waals surface area contributed by atoms with Gasteiger partial charge in [-0.2, -0.15) is 0 Å². The molecule has 0 saturated carbocycles. The Labute approximate surface area is 169 Å². The number of hydrogen-bond acceptors (Lipinski definition) is 5. The molecule has 3 aromatic rings. The van der Waals surface area contributed by atoms with Crippen molar-refractivity contribution < 1.29 is 14.3 Å². The summed E-state index contributed by atoms with van der Waals surface area (Å²) < 4.78 is 5.08. The third-order valence-corrected chi connectivity index (χ3v) is 4.23. The van der Waals surface area contributed by atoms with Gasteiger partial charge < -0.3 is 15.4 Å². The minimum Gasteiger partial charge on any atom is -0.462 e. The fraction of sp³-hybridized carbons (Fsp3) is 0.174. The molecule has 2 N–H and O–H groups in total. The van der Waals surface area contributed by atoms with Gasteiger partial charge in [-0.1, -0.05) is 42.0 Å². The number of carbonyl (C=O) groups is 2. The van der Waals surface area contributed by atoms with E-state index in [-0.39, 0.29) is 5.91 Å². The van der Waals surface area contributed by atoms with Gasteiger partial charge in [0.25, 0.3) is 5.91 Å². The number of amides is 1. The SMILES string of the molecule is CCOC(=O)c1ccccc1Nc1ccc(C(=O)NCc2cccc(C)c2)nc1. The van der Waals surface area contributed by atoms with Gasteiger partial charge in [-0.25, -0.2) is 9.78 Å². The summed E-state index contributed by atoms with van der Waals surface area (Å²) >= 11 is 0. The Balaban J connectivity index is 1.65. The van der Waals surface area contributed by atoms with Crippen LogP contribution in [-0.2, 0) is 11.3 Å². The molecule has 0 spiro atoms. The van der Waals surface area contributed by atoms with Crippen molar-refractivity contribution in [2.24, 2.45) is 0 Å². The molecule has 3 rings (SSSR count). The van der Waals surface area contributed by atoms with Crippen molar-refractivity contribution >= 4 is 23.3 Å². The van der Waals surface area contributed by atoms with Crippen LogP contribution in [0.15, 0.2) is 66.9 Å². The number of pyridine rings is 1. The first kappa shape index (κ1) is 20.1. The molecule has 0 aliphatic rings. The number of rotatable bonds is 7. The van der Waals surface area contributed by atoms with E-state index in [1.54, 1.807) is 43.5 Å². The summed E-state index contributed by atoms with van der Waals surface area (Å²) in [6.45, 7) is 4.52. The first-order valence-corrected chi connectivity index (χ1v) is 9.40. The zero-order valence-corrected chi connectivity index (χ0v) is 16.4. The third-order valence-electron chi connectivity index (χ3n) is 4.23. The first-order valence-electron chi connectivity index (χ1n) is 9.40. The molecule has 0 bridgehead atoms. The van der Waals surface area contributed by atoms with E-state index in [4.69, 9.17) is 4.74 Å². The molecule has 0 aliphatic carbocycles. The van der Waals surface area contributed by atoms with Crippen LogP contribution in [0.1, 0.15) is 38.9 Å². The molecule has 0 radical (unpaired) electrons. The molecular formula is C23H23N3O3. The van der Waals surface area contributed by atoms with Gasteiger partial charge in [0, 0.05) is 6.54 Å². The van der Waals surface area contributed by atoms with E-state index in [9.17, 15) is 9.59 Å². The number of ether oxygens (including phenoxy) is 1. The van der Waals surface area contributed by atoms with Gasteiger partial charge >= 0.3 is 5.97 Å². The number of nitrogens with zero attached hydrogens (tertiary/aromatic N) is 1. The Morgan fingerprint density at radius 2 is 1.86 bits per heavy atom. The summed E-state index contributed by atoms with van der Waals surface area (Å²) in [5.41, 5.74) is 4.22. The molecule has 0 aliphatic heterocycles. The van der Waals surface area contributed by atoms with E-state index < -0.39 is 5.97 Å². The minimum atomic E-state index is -0.393. The highest BCUT2D eigenvalue weighted by atomic mass is 16.5. The molecule has 2 aromatic carbocycles. The lowest BCUT2D eigenvalue weighted by Gasteiger charge is -2.11. The Bertz CT molecular complexity index is 1000. The monoisotopic (exact) mass is 389 g/mol. The number of aryl methyl sites for hydroxylation is 1. The molecular weight excluding hydrogens is 366 g/mol. The van der Waals surface area contributed by atoms with Crippen molar-refractivity contribution in [3.05, 3.63) is 89.2 Å². The van der Waals surface area contributed by atoms with E-state index >= 15 is 0 Å². The van der Waals surface area contributed by atoms with Crippen LogP contribution in [0.5, 0.6) is 0 Å². The van der Waals surface area contributed by atoms with E-state index in [2.05, 4.69) is 15.6 Å². The minimum absolute atomic E-state index is 0.245. The van der Waals surface area contributed by atoms with Crippen LogP contribution < -0.4 is 10.6 Å². The summed E-state index contributed by atoms with van der Waals surface area (Å²) in [6, 6.07) is 18.4. The van der Waals surface area contributed by atoms with Gasteiger partial charge in [-0.15, -0.1) is 0 Å². The van der Waals surface area contributed by atoms with Crippen molar-refractivity contribution in [3.63, 3.8) is 0 Å². The normalized spacial score (nSPS) is 10.3. The Morgan fingerprint density at radius 1 is 1.03 bits per heavy atom. The lowest BCUT2D eigenvalue weighted by molar-refractivity contribution is 0.0527. The van der Waals surface area contributed by atoms with Crippen molar-refractivity contribution in [2.75, 3.05) is 11.9 Å². The van der Waals surface area contributed by atoms with E-state index in [1.807, 2.05) is 37.3 Å². The summed E-state index contributed by atoms with van der Waals surface area (Å²) in [7, 11) is 0. The van der Waals surface area contributed by atoms with Crippen LogP contribution in [0, 0.1) is 6.92 Å². The van der Waals surface area contributed by atoms with Gasteiger partial charge in [0.1, 0.15) is 5.69 Å². The fourth-order valence-corrected chi connectivity index (χ4v) is 2.83. The summed E-state index contributed by atoms with van der Waals surface area (Å²) in [5, 5.41) is 6.01. The number of hydrogen-bond donors (Lipinski definition) is 2. The highest BCUT2D eigenvalue weighted by Crippen LogP contribution is 2.21. The zero-order valence-electron chi connectivity index (χ0n) is 16.4. The third kappa shape index (κ3) is 5.42. The van der Waals surface area contributed by atoms with Crippen LogP contribution in [0.4, 0.5) is 11.4 Å². The second-order valence-electron chi connectivity index (χ2n) is 6.49. The van der Waals surface area contributed by atoms with Crippen LogP contribution >= 0.6 is 0 Å². The lowest BCUT2D eigenvalue weighted by Crippen LogP contribution is -2.23. The number of para-hydroxylation sites is 1. The predicted octanol–water partition coefficient (Wildman–Crippen LogP) is 4.24. The Morgan fingerprint density at radius 3 is 2.59 bits per heavy atom. The molecule has 1 amide bonds. The molecule has 0 atom stereocenters. The molecule has 6 heteroatoms. The number of anilines is 2. The van der Waals surface area contributed by atoms with Crippen LogP contribution in [-0.4, -0.2) is 23.5 Å². The van der Waals surface area contributed by atoms with Crippen molar-refractivity contribution in [3.8, 4) is 0 Å². The topological polar surface area (TPSA) is 80.3 Å². The number of esters is 1. The van der Waals surface area contributed by atoms with Gasteiger partial charge in [-0.05, 0) is 43.7 Å². The molecule has 1 aromatic heterocycles. The fourth-order valence-electron chi connectivity index (χ4n) is 2.83. The molecule has 29 heavy (non-hydrogen) atoms. The van der Waals surface area contributed by atoms with E-state index in [0.717, 1.165) is 11.1 Å². The van der Waals surface area contributed by atoms with E-state index in [0.29, 0.717) is 35.8 Å². The van der Waals surface area contributed by atoms with E-state index in [1.165, 1.54) is 0 Å². The first-order chi connectivity index (χ1) is 14.1. The molecule has 1 heterocycles. The Kier molecular flexibility index (Phi) is 6.58. The number of aromatic nitrogens is 1. The summed E-state index contributed by atoms with van der Waals surface area (Å²) in [5.74, 6) is -0.638.